The number of amides is 1. The topological polar surface area (TPSA) is 76.5 Å². The number of aryl methyl sites for hydroxylation is 1. The highest BCUT2D eigenvalue weighted by atomic mass is 35.5. The first-order valence-electron chi connectivity index (χ1n) is 8.50. The number of hydrogen-bond acceptors (Lipinski definition) is 4. The van der Waals surface area contributed by atoms with E-state index in [1.807, 2.05) is 49.6 Å². The number of halogens is 1. The summed E-state index contributed by atoms with van der Waals surface area (Å²) in [5.41, 5.74) is 2.93. The Hall–Kier alpha value is -2.84. The van der Waals surface area contributed by atoms with Gasteiger partial charge < -0.3 is 4.74 Å². The maximum Gasteiger partial charge on any atom is 0.253 e. The van der Waals surface area contributed by atoms with Crippen LogP contribution in [0.5, 0.6) is 5.75 Å². The van der Waals surface area contributed by atoms with Crippen molar-refractivity contribution >= 4 is 34.4 Å². The molecule has 1 saturated heterocycles. The van der Waals surface area contributed by atoms with Crippen LogP contribution in [-0.4, -0.2) is 26.4 Å². The monoisotopic (exact) mass is 416 g/mol. The predicted octanol–water partition coefficient (Wildman–Crippen LogP) is 2.83. The minimum absolute atomic E-state index is 0.0650. The first-order valence-corrected chi connectivity index (χ1v) is 9.98. The third kappa shape index (κ3) is 3.61. The predicted molar refractivity (Wildman–Crippen MR) is 108 cm³/mol. The van der Waals surface area contributed by atoms with Crippen molar-refractivity contribution in [3.05, 3.63) is 65.4 Å². The van der Waals surface area contributed by atoms with Crippen LogP contribution in [0.15, 0.2) is 54.9 Å². The second kappa shape index (κ2) is 7.65. The smallest absolute Gasteiger partial charge is 0.253 e. The van der Waals surface area contributed by atoms with E-state index in [-0.39, 0.29) is 12.5 Å². The van der Waals surface area contributed by atoms with Gasteiger partial charge in [-0.2, -0.15) is 5.10 Å². The molecule has 0 radical (unpaired) electrons. The van der Waals surface area contributed by atoms with Crippen LogP contribution in [-0.2, 0) is 29.6 Å². The number of anilines is 1. The standard InChI is InChI=1S/C19H17ClN4O3S/c1-23-10-14(9-21-23)15-7-8-16(27-12-13-5-3-2-4-6-13)19(18(15)20)24-11-17(25)22-28(24)26/h2-10H,11-12H2,1H3,(H,22,25). The Morgan fingerprint density at radius 2 is 2.04 bits per heavy atom. The fourth-order valence-corrected chi connectivity index (χ4v) is 4.32. The molecule has 0 aliphatic carbocycles. The minimum atomic E-state index is -1.72. The Kier molecular flexibility index (Phi) is 5.06. The third-order valence-electron chi connectivity index (χ3n) is 4.27. The van der Waals surface area contributed by atoms with Gasteiger partial charge in [0.25, 0.3) is 5.91 Å². The first kappa shape index (κ1) is 18.5. The zero-order chi connectivity index (χ0) is 19.7. The second-order valence-electron chi connectivity index (χ2n) is 6.26. The van der Waals surface area contributed by atoms with Gasteiger partial charge in [0.1, 0.15) is 24.6 Å². The van der Waals surface area contributed by atoms with Gasteiger partial charge in [0.05, 0.1) is 11.2 Å². The summed E-state index contributed by atoms with van der Waals surface area (Å²) in [6.07, 6.45) is 3.53. The highest BCUT2D eigenvalue weighted by Gasteiger charge is 2.32. The average molecular weight is 417 g/mol. The summed E-state index contributed by atoms with van der Waals surface area (Å²) in [7, 11) is 1.81. The number of ether oxygens (including phenoxy) is 1. The molecule has 0 bridgehead atoms. The van der Waals surface area contributed by atoms with E-state index < -0.39 is 11.2 Å². The molecule has 1 atom stereocenters. The normalized spacial score (nSPS) is 16.3. The van der Waals surface area contributed by atoms with Gasteiger partial charge >= 0.3 is 0 Å². The van der Waals surface area contributed by atoms with Crippen molar-refractivity contribution in [1.29, 1.82) is 0 Å². The van der Waals surface area contributed by atoms with E-state index in [9.17, 15) is 9.00 Å². The van der Waals surface area contributed by atoms with Crippen molar-refractivity contribution in [3.63, 3.8) is 0 Å². The molecule has 0 spiro atoms. The van der Waals surface area contributed by atoms with Gasteiger partial charge in [-0.05, 0) is 17.7 Å². The highest BCUT2D eigenvalue weighted by Crippen LogP contribution is 2.43. The summed E-state index contributed by atoms with van der Waals surface area (Å²) in [4.78, 5) is 11.8. The Balaban J connectivity index is 1.75. The lowest BCUT2D eigenvalue weighted by Crippen LogP contribution is -2.23. The molecule has 1 unspecified atom stereocenters. The summed E-state index contributed by atoms with van der Waals surface area (Å²) >= 11 is 4.98. The summed E-state index contributed by atoms with van der Waals surface area (Å²) in [5.74, 6) is 0.113. The van der Waals surface area contributed by atoms with E-state index in [0.717, 1.165) is 11.1 Å². The van der Waals surface area contributed by atoms with Crippen LogP contribution < -0.4 is 13.8 Å². The first-order chi connectivity index (χ1) is 13.5. The van der Waals surface area contributed by atoms with Crippen LogP contribution in [0.3, 0.4) is 0 Å². The molecule has 9 heteroatoms. The summed E-state index contributed by atoms with van der Waals surface area (Å²) in [6, 6.07) is 13.3. The van der Waals surface area contributed by atoms with Crippen molar-refractivity contribution in [2.45, 2.75) is 6.61 Å². The molecular formula is C19H17ClN4O3S. The molecule has 1 N–H and O–H groups in total. The SMILES string of the molecule is Cn1cc(-c2ccc(OCc3ccccc3)c(N3CC(=O)NS3=O)c2Cl)cn1. The summed E-state index contributed by atoms with van der Waals surface area (Å²) in [5, 5.41) is 4.52. The van der Waals surface area contributed by atoms with E-state index >= 15 is 0 Å². The molecule has 2 heterocycles. The molecule has 3 aromatic rings. The Morgan fingerprint density at radius 3 is 2.68 bits per heavy atom. The van der Waals surface area contributed by atoms with E-state index in [2.05, 4.69) is 9.82 Å². The number of aromatic nitrogens is 2. The number of benzene rings is 2. The van der Waals surface area contributed by atoms with Crippen molar-refractivity contribution in [1.82, 2.24) is 14.5 Å². The van der Waals surface area contributed by atoms with Crippen LogP contribution in [0.25, 0.3) is 11.1 Å². The van der Waals surface area contributed by atoms with Crippen molar-refractivity contribution in [2.24, 2.45) is 7.05 Å². The molecule has 1 amide bonds. The van der Waals surface area contributed by atoms with E-state index in [0.29, 0.717) is 28.6 Å². The Labute approximate surface area is 169 Å². The van der Waals surface area contributed by atoms with Crippen LogP contribution in [0.1, 0.15) is 5.56 Å². The fourth-order valence-electron chi connectivity index (χ4n) is 2.95. The number of hydrogen-bond donors (Lipinski definition) is 1. The van der Waals surface area contributed by atoms with E-state index in [4.69, 9.17) is 16.3 Å². The van der Waals surface area contributed by atoms with E-state index in [1.165, 1.54) is 4.31 Å². The van der Waals surface area contributed by atoms with Crippen molar-refractivity contribution < 1.29 is 13.7 Å². The van der Waals surface area contributed by atoms with Crippen molar-refractivity contribution in [2.75, 3.05) is 10.8 Å². The van der Waals surface area contributed by atoms with Crippen molar-refractivity contribution in [3.8, 4) is 16.9 Å². The van der Waals surface area contributed by atoms with Crippen LogP contribution in [0.2, 0.25) is 5.02 Å². The van der Waals surface area contributed by atoms with Gasteiger partial charge in [0, 0.05) is 24.4 Å². The van der Waals surface area contributed by atoms with Gasteiger partial charge in [0.15, 0.2) is 0 Å². The molecule has 1 fully saturated rings. The lowest BCUT2D eigenvalue weighted by molar-refractivity contribution is -0.117. The van der Waals surface area contributed by atoms with Crippen LogP contribution in [0, 0.1) is 0 Å². The van der Waals surface area contributed by atoms with Gasteiger partial charge in [-0.25, -0.2) is 4.21 Å². The molecule has 144 valence electrons. The quantitative estimate of drug-likeness (QED) is 0.693. The van der Waals surface area contributed by atoms with E-state index in [1.54, 1.807) is 16.9 Å². The van der Waals surface area contributed by atoms with Gasteiger partial charge in [0.2, 0.25) is 11.2 Å². The second-order valence-corrected chi connectivity index (χ2v) is 7.78. The largest absolute Gasteiger partial charge is 0.487 e. The zero-order valence-corrected chi connectivity index (χ0v) is 16.5. The maximum absolute atomic E-state index is 12.4. The average Bonchev–Trinajstić information content (AvgIpc) is 3.25. The molecule has 1 aliphatic rings. The number of rotatable bonds is 5. The number of carbonyl (C=O) groups is 1. The molecule has 1 aliphatic heterocycles. The molecule has 4 rings (SSSR count). The zero-order valence-electron chi connectivity index (χ0n) is 15.0. The molecular weight excluding hydrogens is 400 g/mol. The fraction of sp³-hybridized carbons (Fsp3) is 0.158. The third-order valence-corrected chi connectivity index (χ3v) is 5.77. The molecule has 2 aromatic carbocycles. The number of nitrogens with one attached hydrogen (secondary N) is 1. The summed E-state index contributed by atoms with van der Waals surface area (Å²) in [6.45, 7) is 0.253. The Bertz CT molecular complexity index is 1050. The highest BCUT2D eigenvalue weighted by molar-refractivity contribution is 7.85. The lowest BCUT2D eigenvalue weighted by atomic mass is 10.1. The number of nitrogens with zero attached hydrogens (tertiary/aromatic N) is 3. The Morgan fingerprint density at radius 1 is 1.25 bits per heavy atom. The van der Waals surface area contributed by atoms with Gasteiger partial charge in [-0.15, -0.1) is 0 Å². The molecule has 1 aromatic heterocycles. The van der Waals surface area contributed by atoms with Crippen LogP contribution in [0.4, 0.5) is 5.69 Å². The molecule has 7 nitrogen and oxygen atoms in total. The maximum atomic E-state index is 12.4. The van der Waals surface area contributed by atoms with Gasteiger partial charge in [-0.3, -0.25) is 18.5 Å². The molecule has 0 saturated carbocycles. The number of carbonyl (C=O) groups excluding carboxylic acids is 1. The molecule has 28 heavy (non-hydrogen) atoms. The summed E-state index contributed by atoms with van der Waals surface area (Å²) < 4.78 is 23.8. The minimum Gasteiger partial charge on any atom is -0.487 e. The van der Waals surface area contributed by atoms with Gasteiger partial charge in [-0.1, -0.05) is 41.9 Å². The van der Waals surface area contributed by atoms with Crippen LogP contribution >= 0.6 is 11.6 Å². The lowest BCUT2D eigenvalue weighted by Gasteiger charge is -2.21.